The molecule has 2 aromatic heterocycles. The maximum absolute atomic E-state index is 12.3. The molecule has 2 unspecified atom stereocenters. The molecule has 36 heavy (non-hydrogen) atoms. The topological polar surface area (TPSA) is 251 Å². The normalized spacial score (nSPS) is 31.9. The number of aliphatic hydroxyl groups excluding tert-OH is 3. The van der Waals surface area contributed by atoms with Gasteiger partial charge in [0.05, 0.1) is 19.3 Å². The average molecular weight is 533 g/mol. The molecule has 2 aliphatic rings. The highest BCUT2D eigenvalue weighted by molar-refractivity contribution is 7.47. The number of aromatic nitrogens is 4. The van der Waals surface area contributed by atoms with Gasteiger partial charge in [0.25, 0.3) is 5.56 Å². The molecule has 198 valence electrons. The molecule has 0 aromatic carbocycles. The van der Waals surface area contributed by atoms with Gasteiger partial charge in [-0.15, -0.1) is 0 Å². The van der Waals surface area contributed by atoms with Crippen LogP contribution >= 0.6 is 7.82 Å². The van der Waals surface area contributed by atoms with Gasteiger partial charge in [0, 0.05) is 24.9 Å². The number of aliphatic hydroxyl groups is 3. The third-order valence-electron chi connectivity index (χ3n) is 5.63. The molecular formula is C18H24N5O12P. The molecule has 2 saturated heterocycles. The Balaban J connectivity index is 1.31. The smallest absolute Gasteiger partial charge is 0.390 e. The summed E-state index contributed by atoms with van der Waals surface area (Å²) >= 11 is 0. The van der Waals surface area contributed by atoms with E-state index in [2.05, 4.69) is 4.98 Å². The van der Waals surface area contributed by atoms with Crippen LogP contribution in [0, 0.1) is 0 Å². The number of hydrogen-bond acceptors (Lipinski definition) is 13. The second kappa shape index (κ2) is 10.3. The number of nitrogens with two attached hydrogens (primary N) is 1. The van der Waals surface area contributed by atoms with Crippen molar-refractivity contribution in [3.63, 3.8) is 0 Å². The largest absolute Gasteiger partial charge is 0.472 e. The fraction of sp³-hybridized carbons (Fsp3) is 0.556. The highest BCUT2D eigenvalue weighted by Crippen LogP contribution is 2.45. The van der Waals surface area contributed by atoms with Crippen LogP contribution in [0.3, 0.4) is 0 Å². The minimum Gasteiger partial charge on any atom is -0.390 e. The van der Waals surface area contributed by atoms with Gasteiger partial charge in [-0.05, 0) is 6.07 Å². The molecule has 0 radical (unpaired) electrons. The molecule has 2 aliphatic heterocycles. The van der Waals surface area contributed by atoms with E-state index < -0.39 is 81.0 Å². The van der Waals surface area contributed by atoms with Gasteiger partial charge < -0.3 is 35.4 Å². The van der Waals surface area contributed by atoms with Gasteiger partial charge in [0.2, 0.25) is 0 Å². The van der Waals surface area contributed by atoms with E-state index in [-0.39, 0.29) is 12.2 Å². The van der Waals surface area contributed by atoms with Gasteiger partial charge in [-0.1, -0.05) is 0 Å². The van der Waals surface area contributed by atoms with Crippen molar-refractivity contribution in [2.45, 2.75) is 49.4 Å². The third kappa shape index (κ3) is 5.64. The molecule has 0 spiro atoms. The molecule has 7 N–H and O–H groups in total. The molecule has 2 aromatic rings. The first-order valence-corrected chi connectivity index (χ1v) is 12.1. The molecule has 4 rings (SSSR count). The minimum absolute atomic E-state index is 0.00834. The minimum atomic E-state index is -4.76. The fourth-order valence-corrected chi connectivity index (χ4v) is 4.52. The molecule has 2 fully saturated rings. The molecule has 8 atom stereocenters. The molecule has 4 heterocycles. The Morgan fingerprint density at radius 1 is 1.06 bits per heavy atom. The Morgan fingerprint density at radius 3 is 2.39 bits per heavy atom. The Hall–Kier alpha value is -2.73. The molecule has 0 bridgehead atoms. The third-order valence-corrected chi connectivity index (χ3v) is 6.58. The van der Waals surface area contributed by atoms with Crippen molar-refractivity contribution in [1.29, 1.82) is 0 Å². The van der Waals surface area contributed by atoms with Crippen LogP contribution in [0.4, 0.5) is 5.82 Å². The van der Waals surface area contributed by atoms with Crippen LogP contribution in [0.2, 0.25) is 0 Å². The van der Waals surface area contributed by atoms with Gasteiger partial charge in [0.1, 0.15) is 36.5 Å². The van der Waals surface area contributed by atoms with Crippen LogP contribution in [-0.2, 0) is 23.1 Å². The summed E-state index contributed by atoms with van der Waals surface area (Å²) in [6, 6.07) is 2.37. The summed E-state index contributed by atoms with van der Waals surface area (Å²) in [5.41, 5.74) is 3.16. The summed E-state index contributed by atoms with van der Waals surface area (Å²) in [6.45, 7) is -1.31. The first-order chi connectivity index (χ1) is 16.9. The van der Waals surface area contributed by atoms with Gasteiger partial charge in [-0.3, -0.25) is 28.0 Å². The number of hydrogen-bond donors (Lipinski definition) is 6. The summed E-state index contributed by atoms with van der Waals surface area (Å²) in [6.07, 6.45) is -6.75. The van der Waals surface area contributed by atoms with Crippen LogP contribution < -0.4 is 22.7 Å². The van der Waals surface area contributed by atoms with Gasteiger partial charge in [-0.2, -0.15) is 4.98 Å². The number of rotatable bonds is 8. The zero-order valence-electron chi connectivity index (χ0n) is 18.4. The highest BCUT2D eigenvalue weighted by Gasteiger charge is 2.45. The van der Waals surface area contributed by atoms with E-state index in [1.54, 1.807) is 0 Å². The lowest BCUT2D eigenvalue weighted by molar-refractivity contribution is -0.0618. The van der Waals surface area contributed by atoms with Gasteiger partial charge in [-0.25, -0.2) is 14.2 Å². The van der Waals surface area contributed by atoms with E-state index in [0.29, 0.717) is 0 Å². The van der Waals surface area contributed by atoms with Crippen molar-refractivity contribution in [2.24, 2.45) is 0 Å². The van der Waals surface area contributed by atoms with Crippen LogP contribution in [0.15, 0.2) is 38.9 Å². The standard InChI is InChI=1S/C18H24N5O12P/c19-11-1-3-22(17(28)20-11)13-5-8(24)9(34-13)6-32-36(30,31)33-7-10-14(26)15(27)16(35-10)23-4-2-12(25)21-18(23)29/h1-4,8-10,13-16,24,26-27H,5-7H2,(H,30,31)(H2,19,20,28)(H,21,25,29)/t8-,9?,10+,13+,14+,15+,16+/m0/s1. The molecule has 0 aliphatic carbocycles. The van der Waals surface area contributed by atoms with Crippen LogP contribution in [-0.4, -0.2) is 83.0 Å². The van der Waals surface area contributed by atoms with Crippen molar-refractivity contribution in [3.8, 4) is 0 Å². The number of anilines is 1. The van der Waals surface area contributed by atoms with Crippen LogP contribution in [0.5, 0.6) is 0 Å². The summed E-state index contributed by atoms with van der Waals surface area (Å²) < 4.78 is 34.9. The Morgan fingerprint density at radius 2 is 1.72 bits per heavy atom. The Kier molecular flexibility index (Phi) is 7.56. The quantitative estimate of drug-likeness (QED) is 0.183. The second-order valence-corrected chi connectivity index (χ2v) is 9.55. The fourth-order valence-electron chi connectivity index (χ4n) is 3.78. The van der Waals surface area contributed by atoms with E-state index in [4.69, 9.17) is 24.3 Å². The summed E-state index contributed by atoms with van der Waals surface area (Å²) in [4.78, 5) is 50.6. The molecule has 17 nitrogen and oxygen atoms in total. The second-order valence-electron chi connectivity index (χ2n) is 8.10. The lowest BCUT2D eigenvalue weighted by atomic mass is 10.1. The first kappa shape index (κ1) is 26.3. The number of nitrogens with zero attached hydrogens (tertiary/aromatic N) is 3. The molecule has 18 heteroatoms. The van der Waals surface area contributed by atoms with Crippen LogP contribution in [0.1, 0.15) is 18.9 Å². The average Bonchev–Trinajstić information content (AvgIpc) is 3.30. The maximum atomic E-state index is 12.3. The number of phosphoric ester groups is 1. The maximum Gasteiger partial charge on any atom is 0.472 e. The van der Waals surface area contributed by atoms with E-state index in [1.165, 1.54) is 12.3 Å². The lowest BCUT2D eigenvalue weighted by Crippen LogP contribution is -2.37. The summed E-state index contributed by atoms with van der Waals surface area (Å²) in [7, 11) is -4.76. The first-order valence-electron chi connectivity index (χ1n) is 10.6. The number of aromatic amines is 1. The zero-order chi connectivity index (χ0) is 26.2. The van der Waals surface area contributed by atoms with Crippen molar-refractivity contribution in [2.75, 3.05) is 18.9 Å². The SMILES string of the molecule is Nc1ccn([C@H]2C[C@H](O)C(COP(=O)(O)OC[C@H]3O[C@@H](n4ccc(=O)[nH]c4=O)[C@H](O)[C@@H]3O)O2)c(=O)n1. The van der Waals surface area contributed by atoms with Crippen molar-refractivity contribution in [3.05, 3.63) is 55.8 Å². The van der Waals surface area contributed by atoms with E-state index in [9.17, 15) is 39.2 Å². The van der Waals surface area contributed by atoms with Crippen molar-refractivity contribution < 1.29 is 43.3 Å². The Bertz CT molecular complexity index is 1310. The number of nitrogen functional groups attached to an aromatic ring is 1. The summed E-state index contributed by atoms with van der Waals surface area (Å²) in [5.74, 6) is 0.00834. The van der Waals surface area contributed by atoms with E-state index in [1.807, 2.05) is 4.98 Å². The van der Waals surface area contributed by atoms with Gasteiger partial charge >= 0.3 is 19.2 Å². The van der Waals surface area contributed by atoms with Crippen molar-refractivity contribution >= 4 is 13.6 Å². The van der Waals surface area contributed by atoms with E-state index in [0.717, 1.165) is 21.4 Å². The monoisotopic (exact) mass is 533 g/mol. The molecule has 0 saturated carbocycles. The Labute approximate surface area is 200 Å². The highest BCUT2D eigenvalue weighted by atomic mass is 31.2. The number of H-pyrrole nitrogens is 1. The number of nitrogens with one attached hydrogen (secondary N) is 1. The van der Waals surface area contributed by atoms with Crippen LogP contribution in [0.25, 0.3) is 0 Å². The summed E-state index contributed by atoms with van der Waals surface area (Å²) in [5, 5.41) is 30.6. The molecule has 0 amide bonds. The van der Waals surface area contributed by atoms with E-state index >= 15 is 0 Å². The van der Waals surface area contributed by atoms with Gasteiger partial charge in [0.15, 0.2) is 6.23 Å². The number of ether oxygens (including phenoxy) is 2. The van der Waals surface area contributed by atoms with Crippen molar-refractivity contribution in [1.82, 2.24) is 19.1 Å². The number of phosphoric acid groups is 1. The lowest BCUT2D eigenvalue weighted by Gasteiger charge is -2.20. The predicted molar refractivity (Wildman–Crippen MR) is 116 cm³/mol. The molecular weight excluding hydrogens is 509 g/mol. The zero-order valence-corrected chi connectivity index (χ0v) is 19.3. The predicted octanol–water partition coefficient (Wildman–Crippen LogP) is -3.22.